The Bertz CT molecular complexity index is 1610. The largest absolute Gasteiger partial charge is 0.497 e. The zero-order chi connectivity index (χ0) is 24.4. The van der Waals surface area contributed by atoms with Crippen LogP contribution in [0.1, 0.15) is 43.2 Å². The second-order valence-corrected chi connectivity index (χ2v) is 9.96. The van der Waals surface area contributed by atoms with Crippen molar-refractivity contribution in [3.8, 4) is 28.3 Å². The Morgan fingerprint density at radius 2 is 1.61 bits per heavy atom. The maximum absolute atomic E-state index is 6.79. The van der Waals surface area contributed by atoms with Gasteiger partial charge in [-0.3, -0.25) is 0 Å². The summed E-state index contributed by atoms with van der Waals surface area (Å²) in [6.07, 6.45) is 1.85. The number of nitrogens with zero attached hydrogens (tertiary/aromatic N) is 5. The molecule has 3 heterocycles. The molecule has 1 aliphatic carbocycles. The Morgan fingerprint density at radius 1 is 0.889 bits per heavy atom. The monoisotopic (exact) mass is 475 g/mol. The maximum atomic E-state index is 6.79. The van der Waals surface area contributed by atoms with Crippen molar-refractivity contribution in [3.05, 3.63) is 90.3 Å². The van der Waals surface area contributed by atoms with E-state index in [4.69, 9.17) is 19.4 Å². The molecule has 2 aromatic heterocycles. The van der Waals surface area contributed by atoms with E-state index in [0.717, 1.165) is 50.6 Å². The number of hydrogen-bond donors (Lipinski definition) is 0. The lowest BCUT2D eigenvalue weighted by atomic mass is 9.77. The van der Waals surface area contributed by atoms with Crippen LogP contribution in [-0.2, 0) is 4.74 Å². The van der Waals surface area contributed by atoms with Gasteiger partial charge in [0.15, 0.2) is 0 Å². The number of hydrogen-bond acceptors (Lipinski definition) is 6. The number of ether oxygens (including phenoxy) is 2. The van der Waals surface area contributed by atoms with Gasteiger partial charge in [-0.1, -0.05) is 41.6 Å². The van der Waals surface area contributed by atoms with Crippen molar-refractivity contribution in [1.29, 1.82) is 0 Å². The molecule has 7 rings (SSSR count). The molecule has 1 fully saturated rings. The average Bonchev–Trinajstić information content (AvgIpc) is 3.49. The normalized spacial score (nSPS) is 21.6. The molecule has 1 saturated heterocycles. The fourth-order valence-corrected chi connectivity index (χ4v) is 5.81. The van der Waals surface area contributed by atoms with Gasteiger partial charge >= 0.3 is 0 Å². The van der Waals surface area contributed by atoms with Gasteiger partial charge in [0.2, 0.25) is 0 Å². The molecule has 36 heavy (non-hydrogen) atoms. The highest BCUT2D eigenvalue weighted by Gasteiger charge is 2.56. The van der Waals surface area contributed by atoms with Crippen molar-refractivity contribution in [2.24, 2.45) is 0 Å². The predicted molar refractivity (Wildman–Crippen MR) is 137 cm³/mol. The van der Waals surface area contributed by atoms with Gasteiger partial charge in [-0.15, -0.1) is 5.10 Å². The zero-order valence-corrected chi connectivity index (χ0v) is 20.3. The van der Waals surface area contributed by atoms with Gasteiger partial charge in [0.05, 0.1) is 59.4 Å². The molecule has 0 bridgehead atoms. The highest BCUT2D eigenvalue weighted by Crippen LogP contribution is 2.60. The first-order chi connectivity index (χ1) is 17.5. The van der Waals surface area contributed by atoms with Crippen LogP contribution in [0.25, 0.3) is 33.5 Å². The van der Waals surface area contributed by atoms with Gasteiger partial charge in [-0.05, 0) is 55.8 Å². The lowest BCUT2D eigenvalue weighted by molar-refractivity contribution is -0.0328. The molecule has 7 nitrogen and oxygen atoms in total. The molecular weight excluding hydrogens is 450 g/mol. The van der Waals surface area contributed by atoms with Crippen molar-refractivity contribution in [2.75, 3.05) is 7.11 Å². The Kier molecular flexibility index (Phi) is 4.53. The van der Waals surface area contributed by atoms with Gasteiger partial charge in [0, 0.05) is 11.1 Å². The van der Waals surface area contributed by atoms with Crippen molar-refractivity contribution in [3.63, 3.8) is 0 Å². The minimum absolute atomic E-state index is 0.0626. The molecule has 2 aliphatic rings. The minimum atomic E-state index is -0.512. The number of benzene rings is 3. The third-order valence-corrected chi connectivity index (χ3v) is 7.43. The summed E-state index contributed by atoms with van der Waals surface area (Å²) in [6.45, 7) is 4.25. The summed E-state index contributed by atoms with van der Waals surface area (Å²) < 4.78 is 14.0. The van der Waals surface area contributed by atoms with Gasteiger partial charge in [-0.25, -0.2) is 14.6 Å². The van der Waals surface area contributed by atoms with E-state index < -0.39 is 5.60 Å². The minimum Gasteiger partial charge on any atom is -0.497 e. The molecule has 1 aliphatic heterocycles. The molecule has 178 valence electrons. The van der Waals surface area contributed by atoms with Crippen LogP contribution in [0.2, 0.25) is 0 Å². The standard InChI is InChI=1S/C29H25N5O2/c1-29(2)28(34-16-23(32-33-34)17-12-14-18(35-3)15-13-17)24-26-25(30-21-10-6-7-11-22(21)31-26)19-8-4-5-9-20(19)27(24)36-29/h4-16,24,27-28H,1-3H3. The topological polar surface area (TPSA) is 75.0 Å². The van der Waals surface area contributed by atoms with Crippen molar-refractivity contribution in [1.82, 2.24) is 25.0 Å². The SMILES string of the molecule is COc1ccc(-c2cn(C3C4c5nc6ccccc6nc5-c5ccccc5C4OC3(C)C)nn2)cc1. The Morgan fingerprint density at radius 3 is 2.39 bits per heavy atom. The maximum Gasteiger partial charge on any atom is 0.118 e. The van der Waals surface area contributed by atoms with Gasteiger partial charge in [-0.2, -0.15) is 0 Å². The van der Waals surface area contributed by atoms with E-state index in [9.17, 15) is 0 Å². The van der Waals surface area contributed by atoms with Crippen molar-refractivity contribution in [2.45, 2.75) is 37.5 Å². The molecule has 7 heteroatoms. The quantitative estimate of drug-likeness (QED) is 0.331. The molecule has 0 spiro atoms. The Labute approximate surface area is 208 Å². The van der Waals surface area contributed by atoms with Crippen molar-refractivity contribution >= 4 is 11.0 Å². The number of rotatable bonds is 3. The molecular formula is C29H25N5O2. The van der Waals surface area contributed by atoms with E-state index in [1.807, 2.05) is 59.4 Å². The number of methoxy groups -OCH3 is 1. The highest BCUT2D eigenvalue weighted by molar-refractivity contribution is 5.81. The van der Waals surface area contributed by atoms with Crippen LogP contribution in [-0.4, -0.2) is 37.7 Å². The van der Waals surface area contributed by atoms with Crippen LogP contribution in [0.3, 0.4) is 0 Å². The predicted octanol–water partition coefficient (Wildman–Crippen LogP) is 5.75. The molecule has 3 atom stereocenters. The van der Waals surface area contributed by atoms with Gasteiger partial charge in [0.1, 0.15) is 11.4 Å². The first-order valence-corrected chi connectivity index (χ1v) is 12.1. The van der Waals surface area contributed by atoms with Crippen LogP contribution >= 0.6 is 0 Å². The first kappa shape index (κ1) is 21.2. The second kappa shape index (κ2) is 7.70. The third kappa shape index (κ3) is 3.09. The summed E-state index contributed by atoms with van der Waals surface area (Å²) in [7, 11) is 1.66. The van der Waals surface area contributed by atoms with E-state index in [0.29, 0.717) is 0 Å². The smallest absolute Gasteiger partial charge is 0.118 e. The van der Waals surface area contributed by atoms with Crippen LogP contribution in [0.15, 0.2) is 79.0 Å². The number of para-hydroxylation sites is 2. The van der Waals surface area contributed by atoms with Crippen LogP contribution in [0.5, 0.6) is 5.75 Å². The highest BCUT2D eigenvalue weighted by atomic mass is 16.5. The molecule has 0 amide bonds. The lowest BCUT2D eigenvalue weighted by Gasteiger charge is -2.31. The average molecular weight is 476 g/mol. The van der Waals surface area contributed by atoms with E-state index in [1.54, 1.807) is 7.11 Å². The molecule has 3 unspecified atom stereocenters. The molecule has 0 radical (unpaired) electrons. The fraction of sp³-hybridized carbons (Fsp3) is 0.241. The lowest BCUT2D eigenvalue weighted by Crippen LogP contribution is -2.33. The second-order valence-electron chi connectivity index (χ2n) is 9.96. The summed E-state index contributed by atoms with van der Waals surface area (Å²) in [5.74, 6) is 0.745. The van der Waals surface area contributed by atoms with Crippen LogP contribution in [0, 0.1) is 0 Å². The molecule has 5 aromatic rings. The van der Waals surface area contributed by atoms with Gasteiger partial charge < -0.3 is 9.47 Å². The summed E-state index contributed by atoms with van der Waals surface area (Å²) in [4.78, 5) is 10.3. The molecule has 0 saturated carbocycles. The molecule has 3 aromatic carbocycles. The van der Waals surface area contributed by atoms with E-state index in [1.165, 1.54) is 0 Å². The van der Waals surface area contributed by atoms with E-state index >= 15 is 0 Å². The number of fused-ring (bicyclic) bond motifs is 7. The van der Waals surface area contributed by atoms with Crippen LogP contribution in [0.4, 0.5) is 0 Å². The third-order valence-electron chi connectivity index (χ3n) is 7.43. The van der Waals surface area contributed by atoms with Gasteiger partial charge in [0.25, 0.3) is 0 Å². The molecule has 0 N–H and O–H groups in total. The fourth-order valence-electron chi connectivity index (χ4n) is 5.81. The van der Waals surface area contributed by atoms with E-state index in [-0.39, 0.29) is 18.1 Å². The summed E-state index contributed by atoms with van der Waals surface area (Å²) in [6, 6.07) is 24.2. The zero-order valence-electron chi connectivity index (χ0n) is 20.3. The number of aromatic nitrogens is 5. The summed E-state index contributed by atoms with van der Waals surface area (Å²) in [5.41, 5.74) is 7.15. The summed E-state index contributed by atoms with van der Waals surface area (Å²) in [5, 5.41) is 9.12. The van der Waals surface area contributed by atoms with Crippen LogP contribution < -0.4 is 4.74 Å². The van der Waals surface area contributed by atoms with E-state index in [2.05, 4.69) is 48.4 Å². The summed E-state index contributed by atoms with van der Waals surface area (Å²) >= 11 is 0. The Hall–Kier alpha value is -4.10. The first-order valence-electron chi connectivity index (χ1n) is 12.1. The Balaban J connectivity index is 1.39. The van der Waals surface area contributed by atoms with Crippen molar-refractivity contribution < 1.29 is 9.47 Å².